The van der Waals surface area contributed by atoms with Gasteiger partial charge in [-0.3, -0.25) is 10.9 Å². The summed E-state index contributed by atoms with van der Waals surface area (Å²) in [5.41, 5.74) is 30.9. The summed E-state index contributed by atoms with van der Waals surface area (Å²) in [5, 5.41) is 9.58. The number of hydrazine groups is 2. The molecule has 0 saturated carbocycles. The van der Waals surface area contributed by atoms with E-state index >= 15 is 0 Å². The molecular weight excluding hydrogens is 1490 g/mol. The molecule has 1 aliphatic heterocycles. The smallest absolute Gasteiger partial charge is 0.200 e. The lowest BCUT2D eigenvalue weighted by molar-refractivity contribution is 0.222. The van der Waals surface area contributed by atoms with Crippen LogP contribution in [-0.4, -0.2) is 35.2 Å². The quantitative estimate of drug-likeness (QED) is 0.138. The number of H-pyrrole nitrogens is 1. The molecule has 119 heavy (non-hydrogen) atoms. The number of benzene rings is 7. The van der Waals surface area contributed by atoms with Crippen LogP contribution in [0.25, 0.3) is 64.3 Å². The molecule has 14 rings (SSSR count). The van der Waals surface area contributed by atoms with E-state index in [-0.39, 0.29) is 76.1 Å². The van der Waals surface area contributed by atoms with Crippen LogP contribution in [0.5, 0.6) is 0 Å². The van der Waals surface area contributed by atoms with Crippen LogP contribution >= 0.6 is 22.7 Å². The number of nitrogens with zero attached hydrogens (tertiary/aromatic N) is 5. The Labute approximate surface area is 727 Å². The number of nitrogens with one attached hydrogen (secondary N) is 3. The number of fused-ring (bicyclic) bond motifs is 7. The molecule has 10 nitrogen and oxygen atoms in total. The van der Waals surface area contributed by atoms with E-state index < -0.39 is 0 Å². The van der Waals surface area contributed by atoms with Crippen molar-refractivity contribution in [1.29, 1.82) is 0 Å². The van der Waals surface area contributed by atoms with Crippen molar-refractivity contribution in [1.82, 2.24) is 29.6 Å². The van der Waals surface area contributed by atoms with Gasteiger partial charge in [0.05, 0.1) is 49.4 Å². The molecule has 0 unspecified atom stereocenters. The Hall–Kier alpha value is -8.03. The van der Waals surface area contributed by atoms with Gasteiger partial charge in [-0.1, -0.05) is 310 Å². The first-order valence-electron chi connectivity index (χ1n) is 43.3. The zero-order valence-electron chi connectivity index (χ0n) is 81.8. The van der Waals surface area contributed by atoms with Crippen molar-refractivity contribution in [2.75, 3.05) is 10.9 Å². The van der Waals surface area contributed by atoms with E-state index in [2.05, 4.69) is 466 Å². The molecule has 0 amide bonds. The summed E-state index contributed by atoms with van der Waals surface area (Å²) in [4.78, 5) is 17.4. The molecule has 0 saturated heterocycles. The third kappa shape index (κ3) is 25.1. The summed E-state index contributed by atoms with van der Waals surface area (Å²) in [6.45, 7) is 93.3. The van der Waals surface area contributed by atoms with E-state index in [1.807, 2.05) is 34.1 Å². The highest BCUT2D eigenvalue weighted by Gasteiger charge is 2.31. The summed E-state index contributed by atoms with van der Waals surface area (Å²) >= 11 is 3.69. The van der Waals surface area contributed by atoms with Crippen LogP contribution in [0.15, 0.2) is 160 Å². The lowest BCUT2D eigenvalue weighted by Gasteiger charge is -2.30. The van der Waals surface area contributed by atoms with Crippen molar-refractivity contribution >= 4 is 98.4 Å². The number of anilines is 2. The molecular formula is C107H154N8O2S2. The Morgan fingerprint density at radius 2 is 0.765 bits per heavy atom. The van der Waals surface area contributed by atoms with Crippen LogP contribution in [0.1, 0.15) is 358 Å². The van der Waals surface area contributed by atoms with Gasteiger partial charge in [-0.2, -0.15) is 0 Å². The number of hydrogen-bond donors (Lipinski definition) is 3. The molecule has 0 spiro atoms. The van der Waals surface area contributed by atoms with Gasteiger partial charge in [0.1, 0.15) is 16.9 Å². The second-order valence-corrected chi connectivity index (χ2v) is 49.5. The van der Waals surface area contributed by atoms with Crippen molar-refractivity contribution in [2.45, 2.75) is 367 Å². The summed E-state index contributed by atoms with van der Waals surface area (Å²) in [6.07, 6.45) is 4.09. The predicted octanol–water partition coefficient (Wildman–Crippen LogP) is 32.4. The highest BCUT2D eigenvalue weighted by Crippen LogP contribution is 2.42. The van der Waals surface area contributed by atoms with Crippen molar-refractivity contribution in [3.8, 4) is 0 Å². The normalized spacial score (nSPS) is 13.7. The molecule has 0 atom stereocenters. The molecule has 0 radical (unpaired) electrons. The second kappa shape index (κ2) is 34.4. The molecule has 646 valence electrons. The third-order valence-electron chi connectivity index (χ3n) is 21.7. The average molecular weight is 1650 g/mol. The van der Waals surface area contributed by atoms with Crippen LogP contribution < -0.4 is 10.9 Å². The van der Waals surface area contributed by atoms with Gasteiger partial charge in [-0.05, 0) is 224 Å². The van der Waals surface area contributed by atoms with Gasteiger partial charge in [0.25, 0.3) is 0 Å². The number of thiazole rings is 1. The molecule has 12 heteroatoms. The molecule has 6 aromatic heterocycles. The van der Waals surface area contributed by atoms with Crippen molar-refractivity contribution in [2.24, 2.45) is 0 Å². The topological polar surface area (TPSA) is 113 Å². The molecule has 7 aromatic carbocycles. The fourth-order valence-corrected chi connectivity index (χ4v) is 15.7. The monoisotopic (exact) mass is 1650 g/mol. The fraction of sp³-hybridized carbons (Fsp3) is 0.523. The van der Waals surface area contributed by atoms with Gasteiger partial charge in [0.15, 0.2) is 5.58 Å². The highest BCUT2D eigenvalue weighted by atomic mass is 32.1. The first-order chi connectivity index (χ1) is 53.8. The molecule has 13 aromatic rings. The molecule has 0 bridgehead atoms. The standard InChI is InChI=1S/C16H23N.C16H22O.C16H22S.C15H22N2.C15H21NO.C15H21NS.C14H23N3/c1-15(2,3)13-8-7-12-9-10-17(14(12)11-13)16(4,5)6;2*1-15(2,3)11-7-8-12-13(16(4,5)6)10-17-14(12)9-11;3*1-14(2,3)10-7-8-11-12(9-10)17-13(16-11)15(4,5)6;1-13(2,3)10-7-8-11-12(9-10)16-17(15-11)14(4,5)6/h7-11H,1-6H3;2*7-10H,1-6H3;7-9H,1-6H3,(H,16,17);2*7-9H,1-6H3;7-9,15-16H,1-6H3. The fourth-order valence-electron chi connectivity index (χ4n) is 13.4. The first kappa shape index (κ1) is 96.4. The largest absolute Gasteiger partial charge is 0.464 e. The van der Waals surface area contributed by atoms with Gasteiger partial charge in [-0.15, -0.1) is 27.8 Å². The molecule has 0 aliphatic carbocycles. The SMILES string of the molecule is CC(C)(C)c1ccc2c(C(C)(C)C)coc2c1.CC(C)(C)c1ccc2c(C(C)(C)C)csc2c1.CC(C)(C)c1ccc2c(c1)NN(C(C)(C)C)N2.CC(C)(C)c1ccc2ccn(C(C)(C)C)c2c1.CC(C)(C)c1ccc2nc(C(C)(C)C)[nH]c2c1.CC(C)(C)c1ccc2nc(C(C)(C)C)oc2c1.CC(C)(C)c1ccc2nc(C(C)(C)C)sc2c1. The molecule has 3 N–H and O–H groups in total. The maximum absolute atomic E-state index is 5.86. The van der Waals surface area contributed by atoms with Crippen LogP contribution in [0.3, 0.4) is 0 Å². The maximum atomic E-state index is 5.86. The number of furan rings is 1. The molecule has 1 aliphatic rings. The Balaban J connectivity index is 0.000000173. The Kier molecular flexibility index (Phi) is 27.8. The minimum atomic E-state index is -0.0408. The van der Waals surface area contributed by atoms with Crippen LogP contribution in [0.4, 0.5) is 11.4 Å². The summed E-state index contributed by atoms with van der Waals surface area (Å²) in [5.74, 6) is 1.86. The zero-order valence-corrected chi connectivity index (χ0v) is 83.4. The van der Waals surface area contributed by atoms with Gasteiger partial charge >= 0.3 is 0 Å². The number of hydrogen-bond acceptors (Lipinski definition) is 10. The van der Waals surface area contributed by atoms with Crippen LogP contribution in [0, 0.1) is 0 Å². The Morgan fingerprint density at radius 1 is 0.328 bits per heavy atom. The number of rotatable bonds is 0. The first-order valence-corrected chi connectivity index (χ1v) is 45.0. The van der Waals surface area contributed by atoms with Crippen LogP contribution in [-0.2, 0) is 70.5 Å². The molecule has 0 fully saturated rings. The second-order valence-electron chi connectivity index (χ2n) is 47.6. The summed E-state index contributed by atoms with van der Waals surface area (Å²) in [7, 11) is 0. The summed E-state index contributed by atoms with van der Waals surface area (Å²) < 4.78 is 16.7. The van der Waals surface area contributed by atoms with E-state index in [9.17, 15) is 0 Å². The summed E-state index contributed by atoms with van der Waals surface area (Å²) in [6, 6.07) is 48.6. The lowest BCUT2D eigenvalue weighted by Crippen LogP contribution is -2.45. The number of imidazole rings is 1. The van der Waals surface area contributed by atoms with Crippen molar-refractivity contribution in [3.05, 3.63) is 218 Å². The van der Waals surface area contributed by atoms with Gasteiger partial charge < -0.3 is 18.4 Å². The predicted molar refractivity (Wildman–Crippen MR) is 524 cm³/mol. The maximum Gasteiger partial charge on any atom is 0.200 e. The highest BCUT2D eigenvalue weighted by molar-refractivity contribution is 7.18. The van der Waals surface area contributed by atoms with Crippen molar-refractivity contribution in [3.63, 3.8) is 0 Å². The zero-order chi connectivity index (χ0) is 89.9. The minimum Gasteiger partial charge on any atom is -0.464 e. The lowest BCUT2D eigenvalue weighted by atomic mass is 9.84. The third-order valence-corrected chi connectivity index (χ3v) is 24.0. The van der Waals surface area contributed by atoms with Gasteiger partial charge in [0.2, 0.25) is 5.89 Å². The number of thiophene rings is 1. The Bertz CT molecular complexity index is 5150. The molecule has 7 heterocycles. The number of oxazole rings is 1. The van der Waals surface area contributed by atoms with Gasteiger partial charge in [-0.25, -0.2) is 15.0 Å². The number of aromatic amines is 1. The van der Waals surface area contributed by atoms with E-state index in [0.717, 1.165) is 56.3 Å². The van der Waals surface area contributed by atoms with E-state index in [1.54, 1.807) is 0 Å². The van der Waals surface area contributed by atoms with Crippen molar-refractivity contribution < 1.29 is 8.83 Å². The number of aromatic nitrogens is 5. The van der Waals surface area contributed by atoms with E-state index in [0.29, 0.717) is 0 Å². The minimum absolute atomic E-state index is 0.0408. The van der Waals surface area contributed by atoms with Crippen LogP contribution in [0.2, 0.25) is 0 Å². The average Bonchev–Trinajstić information content (AvgIpc) is 1.67. The van der Waals surface area contributed by atoms with E-state index in [4.69, 9.17) is 13.8 Å². The van der Waals surface area contributed by atoms with Gasteiger partial charge in [0, 0.05) is 49.1 Å². The Morgan fingerprint density at radius 3 is 1.25 bits per heavy atom. The van der Waals surface area contributed by atoms with E-state index in [1.165, 1.54) is 86.2 Å².